The molecule has 0 aromatic rings. The van der Waals surface area contributed by atoms with Gasteiger partial charge in [0.25, 0.3) is 0 Å². The third kappa shape index (κ3) is 5.42. The number of hydrogen-bond acceptors (Lipinski definition) is 3. The van der Waals surface area contributed by atoms with Crippen LogP contribution in [-0.2, 0) is 14.3 Å². The Morgan fingerprint density at radius 3 is 2.46 bits per heavy atom. The van der Waals surface area contributed by atoms with Crippen molar-refractivity contribution in [2.75, 3.05) is 13.7 Å². The van der Waals surface area contributed by atoms with Gasteiger partial charge in [0.15, 0.2) is 0 Å². The first-order valence-electron chi connectivity index (χ1n) is 4.50. The van der Waals surface area contributed by atoms with Crippen LogP contribution < -0.4 is 0 Å². The molecule has 0 aliphatic carbocycles. The fraction of sp³-hybridized carbons (Fsp3) is 0.700. The molecule has 0 atom stereocenters. The summed E-state index contributed by atoms with van der Waals surface area (Å²) in [6.45, 7) is 6.29. The van der Waals surface area contributed by atoms with Crippen LogP contribution in [0.4, 0.5) is 0 Å². The van der Waals surface area contributed by atoms with Gasteiger partial charge in [-0.1, -0.05) is 6.92 Å². The van der Waals surface area contributed by atoms with E-state index in [1.54, 1.807) is 6.08 Å². The number of methoxy groups -OCH3 is 1. The molecule has 0 spiro atoms. The van der Waals surface area contributed by atoms with Gasteiger partial charge in [-0.25, -0.2) is 4.79 Å². The first-order chi connectivity index (χ1) is 6.11. The molecular formula is C10H18O3. The Balaban J connectivity index is 4.00. The summed E-state index contributed by atoms with van der Waals surface area (Å²) < 4.78 is 9.88. The molecule has 0 saturated heterocycles. The Kier molecular flexibility index (Phi) is 6.24. The first-order valence-corrected chi connectivity index (χ1v) is 4.50. The lowest BCUT2D eigenvalue weighted by Crippen LogP contribution is -2.07. The van der Waals surface area contributed by atoms with Crippen LogP contribution in [-0.4, -0.2) is 25.8 Å². The average molecular weight is 186 g/mol. The average Bonchev–Trinajstić information content (AvgIpc) is 2.11. The molecule has 0 amide bonds. The van der Waals surface area contributed by atoms with E-state index >= 15 is 0 Å². The summed E-state index contributed by atoms with van der Waals surface area (Å²) in [6.07, 6.45) is 2.63. The number of carbonyl (C=O) groups excluding carboxylic acids is 1. The predicted octanol–water partition coefficient (Wildman–Crippen LogP) is 1.92. The summed E-state index contributed by atoms with van der Waals surface area (Å²) in [5, 5.41) is 0. The van der Waals surface area contributed by atoms with Crippen molar-refractivity contribution in [3.05, 3.63) is 11.6 Å². The molecule has 0 aliphatic heterocycles. The van der Waals surface area contributed by atoms with Gasteiger partial charge in [-0.15, -0.1) is 0 Å². The number of esters is 1. The molecule has 0 unspecified atom stereocenters. The quantitative estimate of drug-likeness (QED) is 0.486. The van der Waals surface area contributed by atoms with Crippen molar-refractivity contribution in [1.29, 1.82) is 0 Å². The van der Waals surface area contributed by atoms with Gasteiger partial charge < -0.3 is 9.47 Å². The Bertz CT molecular complexity index is 183. The lowest BCUT2D eigenvalue weighted by Gasteiger charge is -2.05. The van der Waals surface area contributed by atoms with Gasteiger partial charge in [-0.3, -0.25) is 0 Å². The molecule has 0 fully saturated rings. The van der Waals surface area contributed by atoms with Crippen molar-refractivity contribution in [2.45, 2.75) is 33.3 Å². The van der Waals surface area contributed by atoms with Crippen LogP contribution in [0.3, 0.4) is 0 Å². The van der Waals surface area contributed by atoms with Crippen molar-refractivity contribution in [3.8, 4) is 0 Å². The zero-order chi connectivity index (χ0) is 10.3. The molecule has 0 bridgehead atoms. The van der Waals surface area contributed by atoms with Gasteiger partial charge in [0.1, 0.15) is 0 Å². The van der Waals surface area contributed by atoms with Crippen LogP contribution in [0, 0.1) is 0 Å². The zero-order valence-electron chi connectivity index (χ0n) is 8.79. The minimum Gasteiger partial charge on any atom is -0.466 e. The SMILES string of the molecule is CCC(=CCOC(C)C)C(=O)OC. The molecule has 0 heterocycles. The molecule has 76 valence electrons. The Morgan fingerprint density at radius 2 is 2.08 bits per heavy atom. The molecule has 0 rings (SSSR count). The molecule has 0 N–H and O–H groups in total. The number of carbonyl (C=O) groups is 1. The molecule has 0 aromatic carbocycles. The summed E-state index contributed by atoms with van der Waals surface area (Å²) in [4.78, 5) is 11.1. The van der Waals surface area contributed by atoms with Gasteiger partial charge in [-0.2, -0.15) is 0 Å². The maximum absolute atomic E-state index is 11.1. The monoisotopic (exact) mass is 186 g/mol. The van der Waals surface area contributed by atoms with Crippen molar-refractivity contribution in [1.82, 2.24) is 0 Å². The molecule has 0 radical (unpaired) electrons. The topological polar surface area (TPSA) is 35.5 Å². The molecule has 0 aromatic heterocycles. The maximum atomic E-state index is 11.1. The highest BCUT2D eigenvalue weighted by molar-refractivity contribution is 5.88. The lowest BCUT2D eigenvalue weighted by atomic mass is 10.2. The molecule has 3 nitrogen and oxygen atoms in total. The summed E-state index contributed by atoms with van der Waals surface area (Å²) in [7, 11) is 1.38. The van der Waals surface area contributed by atoms with Crippen molar-refractivity contribution in [3.63, 3.8) is 0 Å². The van der Waals surface area contributed by atoms with E-state index in [0.29, 0.717) is 18.6 Å². The summed E-state index contributed by atoms with van der Waals surface area (Å²) in [5.41, 5.74) is 0.670. The Hall–Kier alpha value is -0.830. The van der Waals surface area contributed by atoms with Crippen LogP contribution in [0.1, 0.15) is 27.2 Å². The van der Waals surface area contributed by atoms with Crippen LogP contribution in [0.15, 0.2) is 11.6 Å². The van der Waals surface area contributed by atoms with E-state index in [0.717, 1.165) is 0 Å². The molecule has 0 saturated carbocycles. The van der Waals surface area contributed by atoms with Gasteiger partial charge in [-0.05, 0) is 26.3 Å². The first kappa shape index (κ1) is 12.2. The highest BCUT2D eigenvalue weighted by atomic mass is 16.5. The van der Waals surface area contributed by atoms with E-state index in [1.807, 2.05) is 20.8 Å². The van der Waals surface area contributed by atoms with Crippen molar-refractivity contribution < 1.29 is 14.3 Å². The fourth-order valence-corrected chi connectivity index (χ4v) is 0.844. The van der Waals surface area contributed by atoms with Crippen LogP contribution in [0.25, 0.3) is 0 Å². The van der Waals surface area contributed by atoms with Crippen LogP contribution in [0.2, 0.25) is 0 Å². The zero-order valence-corrected chi connectivity index (χ0v) is 8.79. The largest absolute Gasteiger partial charge is 0.466 e. The molecular weight excluding hydrogens is 168 g/mol. The summed E-state index contributed by atoms with van der Waals surface area (Å²) in [5.74, 6) is -0.269. The van der Waals surface area contributed by atoms with Crippen molar-refractivity contribution in [2.24, 2.45) is 0 Å². The minimum absolute atomic E-state index is 0.187. The second-order valence-corrected chi connectivity index (χ2v) is 2.96. The van der Waals surface area contributed by atoms with Gasteiger partial charge in [0.2, 0.25) is 0 Å². The predicted molar refractivity (Wildman–Crippen MR) is 51.5 cm³/mol. The Morgan fingerprint density at radius 1 is 1.46 bits per heavy atom. The van der Waals surface area contributed by atoms with Gasteiger partial charge >= 0.3 is 5.97 Å². The van der Waals surface area contributed by atoms with E-state index < -0.39 is 0 Å². The maximum Gasteiger partial charge on any atom is 0.333 e. The van der Waals surface area contributed by atoms with Crippen LogP contribution >= 0.6 is 0 Å². The van der Waals surface area contributed by atoms with E-state index in [1.165, 1.54) is 7.11 Å². The second-order valence-electron chi connectivity index (χ2n) is 2.96. The van der Waals surface area contributed by atoms with E-state index in [-0.39, 0.29) is 12.1 Å². The highest BCUT2D eigenvalue weighted by Crippen LogP contribution is 2.03. The van der Waals surface area contributed by atoms with Gasteiger partial charge in [0.05, 0.1) is 19.8 Å². The third-order valence-electron chi connectivity index (χ3n) is 1.59. The molecule has 0 aliphatic rings. The van der Waals surface area contributed by atoms with E-state index in [9.17, 15) is 4.79 Å². The highest BCUT2D eigenvalue weighted by Gasteiger charge is 2.05. The number of hydrogen-bond donors (Lipinski definition) is 0. The molecule has 13 heavy (non-hydrogen) atoms. The number of ether oxygens (including phenoxy) is 2. The lowest BCUT2D eigenvalue weighted by molar-refractivity contribution is -0.136. The second kappa shape index (κ2) is 6.66. The fourth-order valence-electron chi connectivity index (χ4n) is 0.844. The summed E-state index contributed by atoms with van der Waals surface area (Å²) >= 11 is 0. The molecule has 3 heteroatoms. The summed E-state index contributed by atoms with van der Waals surface area (Å²) in [6, 6.07) is 0. The normalized spacial score (nSPS) is 11.9. The van der Waals surface area contributed by atoms with E-state index in [2.05, 4.69) is 4.74 Å². The Labute approximate surface area is 79.7 Å². The van der Waals surface area contributed by atoms with Gasteiger partial charge in [0, 0.05) is 5.57 Å². The van der Waals surface area contributed by atoms with E-state index in [4.69, 9.17) is 4.74 Å². The third-order valence-corrected chi connectivity index (χ3v) is 1.59. The number of rotatable bonds is 5. The van der Waals surface area contributed by atoms with Crippen molar-refractivity contribution >= 4 is 5.97 Å². The smallest absolute Gasteiger partial charge is 0.333 e. The van der Waals surface area contributed by atoms with Crippen LogP contribution in [0.5, 0.6) is 0 Å². The minimum atomic E-state index is -0.269. The standard InChI is InChI=1S/C10H18O3/c1-5-9(10(11)12-4)6-7-13-8(2)3/h6,8H,5,7H2,1-4H3.